The van der Waals surface area contributed by atoms with Crippen molar-refractivity contribution in [1.29, 1.82) is 0 Å². The molecule has 0 spiro atoms. The van der Waals surface area contributed by atoms with E-state index in [-0.39, 0.29) is 52.2 Å². The van der Waals surface area contributed by atoms with Gasteiger partial charge in [0.15, 0.2) is 0 Å². The molecule has 0 bridgehead atoms. The molecule has 4 rings (SSSR count). The normalized spacial score (nSPS) is 16.1. The van der Waals surface area contributed by atoms with Crippen molar-refractivity contribution in [2.75, 3.05) is 0 Å². The molecule has 0 amide bonds. The van der Waals surface area contributed by atoms with Crippen molar-refractivity contribution < 1.29 is 14.0 Å². The summed E-state index contributed by atoms with van der Waals surface area (Å²) in [5.74, 6) is 0. The number of halogens is 1. The molecule has 4 aromatic rings. The number of hydrogen-bond donors (Lipinski definition) is 0. The lowest BCUT2D eigenvalue weighted by Crippen LogP contribution is -1.80. The zero-order valence-corrected chi connectivity index (χ0v) is 11.7. The zero-order chi connectivity index (χ0) is 19.6. The summed E-state index contributed by atoms with van der Waals surface area (Å²) in [6, 6.07) is 4.73. The van der Waals surface area contributed by atoms with Crippen LogP contribution in [0.15, 0.2) is 75.5 Å². The summed E-state index contributed by atoms with van der Waals surface area (Å²) in [6.45, 7) is 0. The minimum Gasteiger partial charge on any atom is -0.456 e. The van der Waals surface area contributed by atoms with Crippen LogP contribution in [0.25, 0.3) is 33.1 Å². The van der Waals surface area contributed by atoms with E-state index in [0.717, 1.165) is 0 Å². The molecule has 0 aliphatic carbocycles. The number of fused-ring (bicyclic) bond motifs is 3. The van der Waals surface area contributed by atoms with E-state index in [4.69, 9.17) is 14.0 Å². The minimum atomic E-state index is -0.433. The Bertz CT molecular complexity index is 1260. The Balaban J connectivity index is 2.37. The average Bonchev–Trinajstić information content (AvgIpc) is 3.05. The molecule has 1 nitrogen and oxygen atoms in total. The highest BCUT2D eigenvalue weighted by Gasteiger charge is 2.12. The number of rotatable bonds is 1. The molecule has 0 aliphatic rings. The van der Waals surface area contributed by atoms with Gasteiger partial charge < -0.3 is 4.42 Å². The standard InChI is InChI=1S/C18H11BrO/c19-15-9-3-1-6-12(15)13-8-5-11-17-18(13)14-7-2-4-10-16(14)20-17/h1-11H/i2D,4D,5D,7D,8D,10D,11D. The fourth-order valence-corrected chi connectivity index (χ4v) is 2.71. The van der Waals surface area contributed by atoms with Crippen LogP contribution in [0.3, 0.4) is 0 Å². The van der Waals surface area contributed by atoms with Gasteiger partial charge in [0.25, 0.3) is 0 Å². The summed E-state index contributed by atoms with van der Waals surface area (Å²) in [5, 5.41) is 0.360. The van der Waals surface area contributed by atoms with E-state index < -0.39 is 12.1 Å². The van der Waals surface area contributed by atoms with Gasteiger partial charge in [-0.1, -0.05) is 64.3 Å². The largest absolute Gasteiger partial charge is 0.456 e. The molecule has 0 fully saturated rings. The van der Waals surface area contributed by atoms with Gasteiger partial charge in [0.05, 0.1) is 9.60 Å². The van der Waals surface area contributed by atoms with Crippen LogP contribution < -0.4 is 0 Å². The van der Waals surface area contributed by atoms with Crippen LogP contribution in [0.5, 0.6) is 0 Å². The maximum absolute atomic E-state index is 8.42. The van der Waals surface area contributed by atoms with E-state index in [9.17, 15) is 0 Å². The lowest BCUT2D eigenvalue weighted by atomic mass is 10.00. The second kappa shape index (κ2) is 4.50. The Morgan fingerprint density at radius 1 is 0.850 bits per heavy atom. The van der Waals surface area contributed by atoms with Crippen LogP contribution in [0.2, 0.25) is 0 Å². The number of benzene rings is 3. The molecule has 96 valence electrons. The average molecular weight is 330 g/mol. The fraction of sp³-hybridized carbons (Fsp3) is 0. The number of para-hydroxylation sites is 1. The van der Waals surface area contributed by atoms with Gasteiger partial charge in [-0.15, -0.1) is 0 Å². The second-order valence-corrected chi connectivity index (χ2v) is 5.09. The molecule has 20 heavy (non-hydrogen) atoms. The minimum absolute atomic E-state index is 0.0243. The van der Waals surface area contributed by atoms with E-state index in [1.165, 1.54) is 0 Å². The first-order chi connectivity index (χ1) is 12.8. The summed E-state index contributed by atoms with van der Waals surface area (Å²) in [6.07, 6.45) is 0. The van der Waals surface area contributed by atoms with Crippen LogP contribution in [0.4, 0.5) is 0 Å². The topological polar surface area (TPSA) is 13.1 Å². The van der Waals surface area contributed by atoms with Crippen LogP contribution >= 0.6 is 15.9 Å². The first kappa shape index (κ1) is 6.59. The maximum Gasteiger partial charge on any atom is 0.136 e. The van der Waals surface area contributed by atoms with Crippen LogP contribution in [-0.2, 0) is 0 Å². The smallest absolute Gasteiger partial charge is 0.136 e. The summed E-state index contributed by atoms with van der Waals surface area (Å²) in [5.41, 5.74) is 0.768. The predicted octanol–water partition coefficient (Wildman–Crippen LogP) is 6.02. The Labute approximate surface area is 134 Å². The second-order valence-electron chi connectivity index (χ2n) is 4.24. The summed E-state index contributed by atoms with van der Waals surface area (Å²) in [4.78, 5) is 0. The quantitative estimate of drug-likeness (QED) is 0.416. The molecule has 0 radical (unpaired) electrons. The highest BCUT2D eigenvalue weighted by atomic mass is 79.9. The Hall–Kier alpha value is -2.06. The van der Waals surface area contributed by atoms with E-state index in [1.807, 2.05) is 0 Å². The SMILES string of the molecule is [2H]c1c([2H])c([2H])c2c(oc3c([2H])c([2H])c([2H])c(-c4ccccc4Br)c32)c1[2H]. The third-order valence-electron chi connectivity index (χ3n) is 3.09. The molecule has 0 saturated heterocycles. The first-order valence-electron chi connectivity index (χ1n) is 9.42. The Morgan fingerprint density at radius 3 is 2.55 bits per heavy atom. The monoisotopic (exact) mass is 329 g/mol. The molecule has 1 heterocycles. The van der Waals surface area contributed by atoms with Gasteiger partial charge in [0.2, 0.25) is 0 Å². The van der Waals surface area contributed by atoms with Crippen LogP contribution in [0.1, 0.15) is 9.60 Å². The molecular weight excluding hydrogens is 312 g/mol. The van der Waals surface area contributed by atoms with E-state index >= 15 is 0 Å². The third kappa shape index (κ3) is 1.69. The molecule has 2 heteroatoms. The van der Waals surface area contributed by atoms with Crippen LogP contribution in [-0.4, -0.2) is 0 Å². The Morgan fingerprint density at radius 2 is 1.65 bits per heavy atom. The zero-order valence-electron chi connectivity index (χ0n) is 17.1. The summed E-state index contributed by atoms with van der Waals surface area (Å²) < 4.78 is 63.3. The van der Waals surface area contributed by atoms with Crippen molar-refractivity contribution in [2.24, 2.45) is 0 Å². The van der Waals surface area contributed by atoms with Crippen molar-refractivity contribution >= 4 is 37.9 Å². The van der Waals surface area contributed by atoms with Gasteiger partial charge in [-0.3, -0.25) is 0 Å². The molecule has 1 aromatic heterocycles. The van der Waals surface area contributed by atoms with Crippen molar-refractivity contribution in [3.8, 4) is 11.1 Å². The van der Waals surface area contributed by atoms with Crippen molar-refractivity contribution in [3.63, 3.8) is 0 Å². The molecule has 0 saturated carbocycles. The van der Waals surface area contributed by atoms with Crippen LogP contribution in [0, 0.1) is 0 Å². The highest BCUT2D eigenvalue weighted by Crippen LogP contribution is 2.38. The molecule has 3 aromatic carbocycles. The van der Waals surface area contributed by atoms with Gasteiger partial charge in [0, 0.05) is 15.2 Å². The van der Waals surface area contributed by atoms with Gasteiger partial charge >= 0.3 is 0 Å². The molecule has 0 N–H and O–H groups in total. The Kier molecular flexibility index (Phi) is 1.48. The van der Waals surface area contributed by atoms with Gasteiger partial charge in [-0.05, 0) is 29.3 Å². The predicted molar refractivity (Wildman–Crippen MR) is 86.9 cm³/mol. The van der Waals surface area contributed by atoms with Gasteiger partial charge in [0.1, 0.15) is 11.2 Å². The maximum atomic E-state index is 8.42. The van der Waals surface area contributed by atoms with Gasteiger partial charge in [-0.25, -0.2) is 0 Å². The van der Waals surface area contributed by atoms with Crippen molar-refractivity contribution in [1.82, 2.24) is 0 Å². The van der Waals surface area contributed by atoms with E-state index in [0.29, 0.717) is 15.6 Å². The number of furan rings is 1. The lowest BCUT2D eigenvalue weighted by molar-refractivity contribution is 0.669. The van der Waals surface area contributed by atoms with Gasteiger partial charge in [-0.2, -0.15) is 0 Å². The van der Waals surface area contributed by atoms with Crippen molar-refractivity contribution in [2.45, 2.75) is 0 Å². The summed E-state index contributed by atoms with van der Waals surface area (Å²) >= 11 is 3.43. The lowest BCUT2D eigenvalue weighted by Gasteiger charge is -2.06. The highest BCUT2D eigenvalue weighted by molar-refractivity contribution is 9.10. The fourth-order valence-electron chi connectivity index (χ4n) is 2.23. The summed E-state index contributed by atoms with van der Waals surface area (Å²) in [7, 11) is 0. The first-order valence-corrected chi connectivity index (χ1v) is 6.72. The number of hydrogen-bond acceptors (Lipinski definition) is 1. The van der Waals surface area contributed by atoms with E-state index in [2.05, 4.69) is 15.9 Å². The molecule has 0 atom stereocenters. The van der Waals surface area contributed by atoms with Crippen molar-refractivity contribution in [3.05, 3.63) is 71.0 Å². The van der Waals surface area contributed by atoms with E-state index in [1.54, 1.807) is 24.3 Å². The molecule has 0 unspecified atom stereocenters. The molecular formula is C18H11BrO. The molecule has 0 aliphatic heterocycles. The third-order valence-corrected chi connectivity index (χ3v) is 3.78.